The lowest BCUT2D eigenvalue weighted by molar-refractivity contribution is -0.385. The molecule has 120 valence electrons. The largest absolute Gasteiger partial charge is 0.451 e. The van der Waals surface area contributed by atoms with Gasteiger partial charge in [-0.15, -0.1) is 11.3 Å². The molecule has 0 fully saturated rings. The second-order valence-electron chi connectivity index (χ2n) is 4.82. The molecule has 2 aromatic rings. The van der Waals surface area contributed by atoms with Crippen molar-refractivity contribution in [2.45, 2.75) is 13.8 Å². The third kappa shape index (κ3) is 4.13. The van der Waals surface area contributed by atoms with Crippen LogP contribution in [0.25, 0.3) is 0 Å². The Balaban J connectivity index is 1.95. The molecule has 1 aromatic carbocycles. The van der Waals surface area contributed by atoms with E-state index in [0.717, 1.165) is 5.56 Å². The molecule has 8 heteroatoms. The van der Waals surface area contributed by atoms with Crippen LogP contribution in [0.15, 0.2) is 29.6 Å². The van der Waals surface area contributed by atoms with Gasteiger partial charge in [-0.3, -0.25) is 14.9 Å². The van der Waals surface area contributed by atoms with Crippen LogP contribution in [0.2, 0.25) is 0 Å². The Labute approximate surface area is 136 Å². The molecule has 23 heavy (non-hydrogen) atoms. The monoisotopic (exact) mass is 334 g/mol. The zero-order chi connectivity index (χ0) is 17.0. The lowest BCUT2D eigenvalue weighted by atomic mass is 10.2. The number of hydrogen-bond acceptors (Lipinski definition) is 6. The minimum Gasteiger partial charge on any atom is -0.451 e. The van der Waals surface area contributed by atoms with Crippen molar-refractivity contribution in [2.75, 3.05) is 11.9 Å². The maximum absolute atomic E-state index is 11.8. The Kier molecular flexibility index (Phi) is 5.07. The molecule has 0 atom stereocenters. The summed E-state index contributed by atoms with van der Waals surface area (Å²) in [7, 11) is 0. The van der Waals surface area contributed by atoms with E-state index >= 15 is 0 Å². The van der Waals surface area contributed by atoms with Crippen LogP contribution in [0.3, 0.4) is 0 Å². The Morgan fingerprint density at radius 2 is 2.00 bits per heavy atom. The zero-order valence-corrected chi connectivity index (χ0v) is 13.3. The quantitative estimate of drug-likeness (QED) is 0.515. The summed E-state index contributed by atoms with van der Waals surface area (Å²) >= 11 is 1.24. The first-order valence-corrected chi connectivity index (χ1v) is 7.52. The number of anilines is 1. The van der Waals surface area contributed by atoms with Gasteiger partial charge in [0.1, 0.15) is 4.88 Å². The molecule has 0 aliphatic heterocycles. The number of hydrogen-bond donors (Lipinski definition) is 1. The van der Waals surface area contributed by atoms with E-state index in [2.05, 4.69) is 5.32 Å². The van der Waals surface area contributed by atoms with Gasteiger partial charge in [0.15, 0.2) is 6.61 Å². The summed E-state index contributed by atoms with van der Waals surface area (Å²) < 4.78 is 4.93. The van der Waals surface area contributed by atoms with Crippen LogP contribution in [0.4, 0.5) is 11.4 Å². The fourth-order valence-corrected chi connectivity index (χ4v) is 2.68. The van der Waals surface area contributed by atoms with Crippen LogP contribution in [-0.2, 0) is 9.53 Å². The number of carbonyl (C=O) groups excluding carboxylic acids is 2. The van der Waals surface area contributed by atoms with Crippen molar-refractivity contribution in [3.63, 3.8) is 0 Å². The van der Waals surface area contributed by atoms with Gasteiger partial charge in [0.05, 0.1) is 4.92 Å². The van der Waals surface area contributed by atoms with Crippen molar-refractivity contribution >= 4 is 34.6 Å². The first kappa shape index (κ1) is 16.6. The first-order chi connectivity index (χ1) is 10.9. The number of nitrogens with zero attached hydrogens (tertiary/aromatic N) is 1. The minimum absolute atomic E-state index is 0.0889. The maximum Gasteiger partial charge on any atom is 0.349 e. The van der Waals surface area contributed by atoms with Gasteiger partial charge in [-0.05, 0) is 36.9 Å². The van der Waals surface area contributed by atoms with Gasteiger partial charge >= 0.3 is 5.97 Å². The van der Waals surface area contributed by atoms with E-state index in [4.69, 9.17) is 4.74 Å². The van der Waals surface area contributed by atoms with E-state index in [1.165, 1.54) is 23.5 Å². The van der Waals surface area contributed by atoms with Crippen molar-refractivity contribution in [3.8, 4) is 0 Å². The third-order valence-corrected chi connectivity index (χ3v) is 4.07. The lowest BCUT2D eigenvalue weighted by Gasteiger charge is -2.07. The summed E-state index contributed by atoms with van der Waals surface area (Å²) in [6.07, 6.45) is 0. The number of ether oxygens (including phenoxy) is 1. The molecule has 0 saturated carbocycles. The normalized spacial score (nSPS) is 10.2. The number of benzene rings is 1. The predicted octanol–water partition coefficient (Wildman–Crippen LogP) is 3.07. The molecular weight excluding hydrogens is 320 g/mol. The summed E-state index contributed by atoms with van der Waals surface area (Å²) in [4.78, 5) is 34.4. The number of carbonyl (C=O) groups is 2. The van der Waals surface area contributed by atoms with Gasteiger partial charge in [-0.2, -0.15) is 0 Å². The van der Waals surface area contributed by atoms with Gasteiger partial charge in [0.25, 0.3) is 11.6 Å². The molecule has 0 bridgehead atoms. The molecule has 1 heterocycles. The van der Waals surface area contributed by atoms with Crippen molar-refractivity contribution in [2.24, 2.45) is 0 Å². The molecule has 0 unspecified atom stereocenters. The summed E-state index contributed by atoms with van der Waals surface area (Å²) in [5.41, 5.74) is 1.46. The molecule has 1 N–H and O–H groups in total. The second kappa shape index (κ2) is 7.01. The fraction of sp³-hybridized carbons (Fsp3) is 0.200. The molecule has 1 amide bonds. The molecule has 0 aliphatic carbocycles. The average molecular weight is 334 g/mol. The average Bonchev–Trinajstić information content (AvgIpc) is 2.92. The summed E-state index contributed by atoms with van der Waals surface area (Å²) in [5, 5.41) is 15.1. The molecule has 1 aromatic heterocycles. The first-order valence-electron chi connectivity index (χ1n) is 6.64. The van der Waals surface area contributed by atoms with Crippen LogP contribution in [0.1, 0.15) is 20.8 Å². The van der Waals surface area contributed by atoms with E-state index in [1.54, 1.807) is 31.4 Å². The minimum atomic E-state index is -0.567. The number of nitro benzene ring substituents is 1. The number of aryl methyl sites for hydroxylation is 2. The number of esters is 1. The predicted molar refractivity (Wildman–Crippen MR) is 85.8 cm³/mol. The van der Waals surface area contributed by atoms with E-state index in [-0.39, 0.29) is 11.4 Å². The zero-order valence-electron chi connectivity index (χ0n) is 12.5. The van der Waals surface area contributed by atoms with Gasteiger partial charge in [-0.25, -0.2) is 4.79 Å². The lowest BCUT2D eigenvalue weighted by Crippen LogP contribution is -2.20. The molecular formula is C15H14N2O5S. The standard InChI is InChI=1S/C15H14N2O5S/c1-9-3-4-11(7-12(9)17(20)21)16-13(18)8-22-15(19)14-10(2)5-6-23-14/h3-7H,8H2,1-2H3,(H,16,18). The van der Waals surface area contributed by atoms with E-state index in [9.17, 15) is 19.7 Å². The van der Waals surface area contributed by atoms with Gasteiger partial charge in [-0.1, -0.05) is 6.07 Å². The van der Waals surface area contributed by atoms with E-state index < -0.39 is 23.4 Å². The van der Waals surface area contributed by atoms with Gasteiger partial charge in [0.2, 0.25) is 0 Å². The Bertz CT molecular complexity index is 769. The number of amides is 1. The number of nitro groups is 1. The SMILES string of the molecule is Cc1ccc(NC(=O)COC(=O)c2sccc2C)cc1[N+](=O)[O-]. The van der Waals surface area contributed by atoms with Gasteiger partial charge < -0.3 is 10.1 Å². The topological polar surface area (TPSA) is 98.5 Å². The van der Waals surface area contributed by atoms with Crippen molar-refractivity contribution in [1.29, 1.82) is 0 Å². The van der Waals surface area contributed by atoms with Crippen molar-refractivity contribution < 1.29 is 19.2 Å². The highest BCUT2D eigenvalue weighted by atomic mass is 32.1. The Morgan fingerprint density at radius 1 is 1.26 bits per heavy atom. The fourth-order valence-electron chi connectivity index (χ4n) is 1.86. The molecule has 0 saturated heterocycles. The molecule has 0 aliphatic rings. The molecule has 7 nitrogen and oxygen atoms in total. The highest BCUT2D eigenvalue weighted by Crippen LogP contribution is 2.22. The van der Waals surface area contributed by atoms with Crippen molar-refractivity contribution in [1.82, 2.24) is 0 Å². The number of thiophene rings is 1. The Hall–Kier alpha value is -2.74. The highest BCUT2D eigenvalue weighted by Gasteiger charge is 2.15. The van der Waals surface area contributed by atoms with Crippen LogP contribution in [0.5, 0.6) is 0 Å². The van der Waals surface area contributed by atoms with Crippen LogP contribution in [-0.4, -0.2) is 23.4 Å². The van der Waals surface area contributed by atoms with E-state index in [1.807, 2.05) is 0 Å². The smallest absolute Gasteiger partial charge is 0.349 e. The second-order valence-corrected chi connectivity index (χ2v) is 5.73. The summed E-state index contributed by atoms with van der Waals surface area (Å²) in [5.74, 6) is -1.13. The molecule has 2 rings (SSSR count). The number of nitrogens with one attached hydrogen (secondary N) is 1. The van der Waals surface area contributed by atoms with Crippen LogP contribution < -0.4 is 5.32 Å². The molecule has 0 spiro atoms. The van der Waals surface area contributed by atoms with Crippen LogP contribution >= 0.6 is 11.3 Å². The third-order valence-electron chi connectivity index (χ3n) is 3.07. The molecule has 0 radical (unpaired) electrons. The maximum atomic E-state index is 11.8. The Morgan fingerprint density at radius 3 is 2.61 bits per heavy atom. The van der Waals surface area contributed by atoms with Gasteiger partial charge in [0, 0.05) is 17.3 Å². The van der Waals surface area contributed by atoms with Crippen LogP contribution in [0, 0.1) is 24.0 Å². The van der Waals surface area contributed by atoms with Crippen molar-refractivity contribution in [3.05, 3.63) is 55.8 Å². The number of rotatable bonds is 5. The highest BCUT2D eigenvalue weighted by molar-refractivity contribution is 7.12. The summed E-state index contributed by atoms with van der Waals surface area (Å²) in [6.45, 7) is 2.92. The summed E-state index contributed by atoms with van der Waals surface area (Å²) in [6, 6.07) is 6.13. The van der Waals surface area contributed by atoms with E-state index in [0.29, 0.717) is 10.4 Å².